The Balaban J connectivity index is 1.89. The fourth-order valence-electron chi connectivity index (χ4n) is 2.06. The first-order valence-corrected chi connectivity index (χ1v) is 7.90. The molecule has 1 aromatic carbocycles. The molecule has 0 radical (unpaired) electrons. The summed E-state index contributed by atoms with van der Waals surface area (Å²) in [6.45, 7) is 7.36. The standard InChI is InChI=1S/C16H21Cl2N3O/c1-16(2,3)21-10-11(8-20-21)7-19-9-15(22)12-4-13(17)6-14(18)5-12/h4-6,8,10,15,19,22H,7,9H2,1-3H3. The van der Waals surface area contributed by atoms with Crippen molar-refractivity contribution in [3.05, 3.63) is 51.8 Å². The van der Waals surface area contributed by atoms with Crippen molar-refractivity contribution in [2.45, 2.75) is 39.0 Å². The summed E-state index contributed by atoms with van der Waals surface area (Å²) in [5.41, 5.74) is 1.75. The summed E-state index contributed by atoms with van der Waals surface area (Å²) < 4.78 is 1.93. The van der Waals surface area contributed by atoms with Crippen molar-refractivity contribution in [1.82, 2.24) is 15.1 Å². The number of benzene rings is 1. The van der Waals surface area contributed by atoms with E-state index in [2.05, 4.69) is 31.2 Å². The first kappa shape index (κ1) is 17.3. The van der Waals surface area contributed by atoms with Gasteiger partial charge in [-0.3, -0.25) is 4.68 Å². The van der Waals surface area contributed by atoms with E-state index in [1.807, 2.05) is 17.1 Å². The molecule has 4 nitrogen and oxygen atoms in total. The third kappa shape index (κ3) is 4.71. The summed E-state index contributed by atoms with van der Waals surface area (Å²) in [6, 6.07) is 5.09. The molecule has 6 heteroatoms. The van der Waals surface area contributed by atoms with Gasteiger partial charge in [-0.15, -0.1) is 0 Å². The minimum atomic E-state index is -0.658. The van der Waals surface area contributed by atoms with E-state index < -0.39 is 6.10 Å². The highest BCUT2D eigenvalue weighted by molar-refractivity contribution is 6.34. The Morgan fingerprint density at radius 2 is 1.86 bits per heavy atom. The van der Waals surface area contributed by atoms with Gasteiger partial charge < -0.3 is 10.4 Å². The summed E-state index contributed by atoms with van der Waals surface area (Å²) in [5.74, 6) is 0. The van der Waals surface area contributed by atoms with Crippen molar-refractivity contribution >= 4 is 23.2 Å². The zero-order valence-electron chi connectivity index (χ0n) is 13.0. The van der Waals surface area contributed by atoms with E-state index in [0.29, 0.717) is 28.7 Å². The van der Waals surface area contributed by atoms with Crippen LogP contribution in [0.15, 0.2) is 30.6 Å². The Hall–Kier alpha value is -1.07. The SMILES string of the molecule is CC(C)(C)n1cc(CNCC(O)c2cc(Cl)cc(Cl)c2)cn1. The van der Waals surface area contributed by atoms with Crippen LogP contribution in [0, 0.1) is 0 Å². The molecule has 120 valence electrons. The number of hydrogen-bond donors (Lipinski definition) is 2. The summed E-state index contributed by atoms with van der Waals surface area (Å²) in [4.78, 5) is 0. The van der Waals surface area contributed by atoms with Gasteiger partial charge in [0.2, 0.25) is 0 Å². The first-order valence-electron chi connectivity index (χ1n) is 7.14. The number of halogens is 2. The van der Waals surface area contributed by atoms with Crippen molar-refractivity contribution in [1.29, 1.82) is 0 Å². The van der Waals surface area contributed by atoms with Crippen LogP contribution in [0.5, 0.6) is 0 Å². The minimum Gasteiger partial charge on any atom is -0.387 e. The molecule has 1 heterocycles. The van der Waals surface area contributed by atoms with Crippen molar-refractivity contribution in [3.8, 4) is 0 Å². The molecular formula is C16H21Cl2N3O. The lowest BCUT2D eigenvalue weighted by atomic mass is 10.1. The molecule has 0 amide bonds. The van der Waals surface area contributed by atoms with Crippen LogP contribution >= 0.6 is 23.2 Å². The molecule has 1 aromatic heterocycles. The van der Waals surface area contributed by atoms with Gasteiger partial charge in [0.05, 0.1) is 17.8 Å². The van der Waals surface area contributed by atoms with Gasteiger partial charge in [-0.1, -0.05) is 23.2 Å². The van der Waals surface area contributed by atoms with E-state index in [1.54, 1.807) is 18.2 Å². The van der Waals surface area contributed by atoms with Crippen LogP contribution in [0.25, 0.3) is 0 Å². The Bertz CT molecular complexity index is 614. The van der Waals surface area contributed by atoms with E-state index in [4.69, 9.17) is 23.2 Å². The van der Waals surface area contributed by atoms with Gasteiger partial charge >= 0.3 is 0 Å². The van der Waals surface area contributed by atoms with Crippen LogP contribution in [-0.4, -0.2) is 21.4 Å². The van der Waals surface area contributed by atoms with Crippen LogP contribution in [0.4, 0.5) is 0 Å². The number of hydrogen-bond acceptors (Lipinski definition) is 3. The van der Waals surface area contributed by atoms with E-state index in [1.165, 1.54) is 0 Å². The van der Waals surface area contributed by atoms with E-state index in [-0.39, 0.29) is 5.54 Å². The molecule has 1 atom stereocenters. The second-order valence-electron chi connectivity index (χ2n) is 6.31. The fraction of sp³-hybridized carbons (Fsp3) is 0.438. The van der Waals surface area contributed by atoms with Crippen molar-refractivity contribution in [2.75, 3.05) is 6.54 Å². The highest BCUT2D eigenvalue weighted by Gasteiger charge is 2.14. The van der Waals surface area contributed by atoms with Gasteiger partial charge in [-0.2, -0.15) is 5.10 Å². The zero-order chi connectivity index (χ0) is 16.3. The average Bonchev–Trinajstić information content (AvgIpc) is 2.86. The first-order chi connectivity index (χ1) is 10.3. The van der Waals surface area contributed by atoms with Gasteiger partial charge in [-0.25, -0.2) is 0 Å². The summed E-state index contributed by atoms with van der Waals surface area (Å²) in [6.07, 6.45) is 3.19. The highest BCUT2D eigenvalue weighted by atomic mass is 35.5. The maximum atomic E-state index is 10.2. The number of aliphatic hydroxyl groups excluding tert-OH is 1. The smallest absolute Gasteiger partial charge is 0.0915 e. The summed E-state index contributed by atoms with van der Waals surface area (Å²) >= 11 is 11.9. The Kier molecular flexibility index (Phi) is 5.50. The largest absolute Gasteiger partial charge is 0.387 e. The van der Waals surface area contributed by atoms with Crippen LogP contribution in [0.2, 0.25) is 10.0 Å². The minimum absolute atomic E-state index is 0.0324. The molecule has 0 aliphatic carbocycles. The highest BCUT2D eigenvalue weighted by Crippen LogP contribution is 2.23. The number of aromatic nitrogens is 2. The van der Waals surface area contributed by atoms with Crippen LogP contribution < -0.4 is 5.32 Å². The monoisotopic (exact) mass is 341 g/mol. The topological polar surface area (TPSA) is 50.1 Å². The molecular weight excluding hydrogens is 321 g/mol. The maximum absolute atomic E-state index is 10.2. The molecule has 0 aliphatic rings. The maximum Gasteiger partial charge on any atom is 0.0915 e. The summed E-state index contributed by atoms with van der Waals surface area (Å²) in [7, 11) is 0. The Labute approximate surface area is 141 Å². The second-order valence-corrected chi connectivity index (χ2v) is 7.19. The van der Waals surface area contributed by atoms with Crippen LogP contribution in [-0.2, 0) is 12.1 Å². The summed E-state index contributed by atoms with van der Waals surface area (Å²) in [5, 5.41) is 18.8. The molecule has 0 fully saturated rings. The van der Waals surface area contributed by atoms with Crippen LogP contribution in [0.1, 0.15) is 38.0 Å². The fourth-order valence-corrected chi connectivity index (χ4v) is 2.60. The number of nitrogens with zero attached hydrogens (tertiary/aromatic N) is 2. The lowest BCUT2D eigenvalue weighted by molar-refractivity contribution is 0.174. The third-order valence-corrected chi connectivity index (χ3v) is 3.70. The molecule has 0 spiro atoms. The number of aliphatic hydroxyl groups is 1. The van der Waals surface area contributed by atoms with Gasteiger partial charge in [0.25, 0.3) is 0 Å². The molecule has 0 aliphatic heterocycles. The van der Waals surface area contributed by atoms with Gasteiger partial charge in [0.1, 0.15) is 0 Å². The Morgan fingerprint density at radius 3 is 2.41 bits per heavy atom. The predicted octanol–water partition coefficient (Wildman–Crippen LogP) is 3.77. The van der Waals surface area contributed by atoms with Gasteiger partial charge in [-0.05, 0) is 44.5 Å². The second kappa shape index (κ2) is 7.01. The quantitative estimate of drug-likeness (QED) is 0.870. The van der Waals surface area contributed by atoms with Gasteiger partial charge in [0, 0.05) is 34.9 Å². The van der Waals surface area contributed by atoms with Gasteiger partial charge in [0.15, 0.2) is 0 Å². The average molecular weight is 342 g/mol. The third-order valence-electron chi connectivity index (χ3n) is 3.26. The molecule has 0 saturated carbocycles. The molecule has 2 rings (SSSR count). The molecule has 1 unspecified atom stereocenters. The van der Waals surface area contributed by atoms with E-state index in [0.717, 1.165) is 5.56 Å². The number of nitrogens with one attached hydrogen (secondary N) is 1. The molecule has 0 bridgehead atoms. The normalized spacial score (nSPS) is 13.4. The lowest BCUT2D eigenvalue weighted by Gasteiger charge is -2.18. The van der Waals surface area contributed by atoms with Crippen molar-refractivity contribution < 1.29 is 5.11 Å². The lowest BCUT2D eigenvalue weighted by Crippen LogP contribution is -2.22. The van der Waals surface area contributed by atoms with Crippen molar-refractivity contribution in [2.24, 2.45) is 0 Å². The van der Waals surface area contributed by atoms with E-state index >= 15 is 0 Å². The number of rotatable bonds is 5. The molecule has 0 saturated heterocycles. The molecule has 22 heavy (non-hydrogen) atoms. The van der Waals surface area contributed by atoms with Crippen LogP contribution in [0.3, 0.4) is 0 Å². The van der Waals surface area contributed by atoms with Crippen molar-refractivity contribution in [3.63, 3.8) is 0 Å². The molecule has 2 N–H and O–H groups in total. The molecule has 2 aromatic rings. The Morgan fingerprint density at radius 1 is 1.23 bits per heavy atom. The van der Waals surface area contributed by atoms with E-state index in [9.17, 15) is 5.11 Å². The zero-order valence-corrected chi connectivity index (χ0v) is 14.5. The predicted molar refractivity (Wildman–Crippen MR) is 90.4 cm³/mol.